The van der Waals surface area contributed by atoms with Gasteiger partial charge in [0.2, 0.25) is 0 Å². The van der Waals surface area contributed by atoms with E-state index < -0.39 is 0 Å². The summed E-state index contributed by atoms with van der Waals surface area (Å²) in [6.45, 7) is 8.09. The lowest BCUT2D eigenvalue weighted by molar-refractivity contribution is 0.246. The number of thioether (sulfide) groups is 1. The van der Waals surface area contributed by atoms with Crippen LogP contribution in [0, 0.1) is 11.8 Å². The molecule has 3 atom stereocenters. The number of hydrogen-bond acceptors (Lipinski definition) is 2. The largest absolute Gasteiger partial charge is 0.313 e. The van der Waals surface area contributed by atoms with E-state index in [2.05, 4.69) is 38.2 Å². The summed E-state index contributed by atoms with van der Waals surface area (Å²) < 4.78 is 0. The summed E-state index contributed by atoms with van der Waals surface area (Å²) in [5, 5.41) is 5.29. The Labute approximate surface area is 139 Å². The first kappa shape index (κ1) is 17.2. The van der Waals surface area contributed by atoms with Gasteiger partial charge in [-0.3, -0.25) is 0 Å². The Kier molecular flexibility index (Phi) is 6.91. The monoisotopic (exact) mass is 325 g/mol. The molecule has 21 heavy (non-hydrogen) atoms. The minimum atomic E-state index is 0.626. The van der Waals surface area contributed by atoms with Crippen molar-refractivity contribution in [2.24, 2.45) is 11.8 Å². The second kappa shape index (κ2) is 8.45. The first-order valence-electron chi connectivity index (χ1n) is 8.26. The van der Waals surface area contributed by atoms with Gasteiger partial charge in [-0.1, -0.05) is 44.5 Å². The van der Waals surface area contributed by atoms with E-state index in [1.54, 1.807) is 0 Å². The molecule has 3 heteroatoms. The summed E-state index contributed by atoms with van der Waals surface area (Å²) in [7, 11) is 0. The van der Waals surface area contributed by atoms with Crippen molar-refractivity contribution >= 4 is 23.4 Å². The Morgan fingerprint density at radius 3 is 2.71 bits per heavy atom. The van der Waals surface area contributed by atoms with Gasteiger partial charge < -0.3 is 5.32 Å². The molecule has 0 bridgehead atoms. The molecule has 0 radical (unpaired) electrons. The molecule has 1 aliphatic rings. The number of halogens is 1. The van der Waals surface area contributed by atoms with Crippen molar-refractivity contribution in [3.8, 4) is 0 Å². The van der Waals surface area contributed by atoms with E-state index in [1.165, 1.54) is 30.6 Å². The van der Waals surface area contributed by atoms with Crippen LogP contribution in [0.15, 0.2) is 29.2 Å². The van der Waals surface area contributed by atoms with Gasteiger partial charge in [-0.25, -0.2) is 0 Å². The van der Waals surface area contributed by atoms with Gasteiger partial charge in [0.25, 0.3) is 0 Å². The third kappa shape index (κ3) is 4.91. The molecule has 0 aromatic heterocycles. The lowest BCUT2D eigenvalue weighted by Gasteiger charge is -2.38. The van der Waals surface area contributed by atoms with Crippen LogP contribution in [-0.4, -0.2) is 17.8 Å². The normalized spacial score (nSPS) is 26.2. The van der Waals surface area contributed by atoms with E-state index in [0.29, 0.717) is 11.3 Å². The first-order chi connectivity index (χ1) is 10.1. The van der Waals surface area contributed by atoms with Crippen LogP contribution in [-0.2, 0) is 0 Å². The van der Waals surface area contributed by atoms with E-state index in [0.717, 1.165) is 23.4 Å². The molecule has 0 saturated heterocycles. The zero-order valence-corrected chi connectivity index (χ0v) is 15.0. The van der Waals surface area contributed by atoms with Crippen molar-refractivity contribution in [1.29, 1.82) is 0 Å². The minimum absolute atomic E-state index is 0.626. The van der Waals surface area contributed by atoms with E-state index >= 15 is 0 Å². The molecule has 1 nitrogen and oxygen atoms in total. The van der Waals surface area contributed by atoms with Crippen molar-refractivity contribution in [3.05, 3.63) is 29.3 Å². The predicted octanol–water partition coefficient (Wildman–Crippen LogP) is 5.63. The molecule has 2 rings (SSSR count). The van der Waals surface area contributed by atoms with Crippen molar-refractivity contribution in [1.82, 2.24) is 5.32 Å². The van der Waals surface area contributed by atoms with Crippen molar-refractivity contribution in [2.45, 2.75) is 62.6 Å². The van der Waals surface area contributed by atoms with Gasteiger partial charge >= 0.3 is 0 Å². The van der Waals surface area contributed by atoms with E-state index in [1.807, 2.05) is 23.9 Å². The lowest BCUT2D eigenvalue weighted by Crippen LogP contribution is -2.43. The molecular weight excluding hydrogens is 298 g/mol. The van der Waals surface area contributed by atoms with Crippen LogP contribution < -0.4 is 5.32 Å². The highest BCUT2D eigenvalue weighted by molar-refractivity contribution is 8.00. The standard InChI is InChI=1S/C18H28ClNS/c1-4-11-20-16-10-9-14(13(2)3)12-18(16)21-17-8-6-5-7-15(17)19/h5-8,13-14,16,18,20H,4,9-12H2,1-3H3. The Bertz CT molecular complexity index is 435. The summed E-state index contributed by atoms with van der Waals surface area (Å²) in [5.74, 6) is 1.64. The van der Waals surface area contributed by atoms with Crippen molar-refractivity contribution in [3.63, 3.8) is 0 Å². The van der Waals surface area contributed by atoms with Crippen LogP contribution in [0.2, 0.25) is 5.02 Å². The summed E-state index contributed by atoms with van der Waals surface area (Å²) in [6.07, 6.45) is 5.16. The van der Waals surface area contributed by atoms with Crippen LogP contribution in [0.5, 0.6) is 0 Å². The highest BCUT2D eigenvalue weighted by Crippen LogP contribution is 2.41. The van der Waals surface area contributed by atoms with Gasteiger partial charge in [-0.05, 0) is 56.2 Å². The highest BCUT2D eigenvalue weighted by atomic mass is 35.5. The van der Waals surface area contributed by atoms with Gasteiger partial charge in [-0.2, -0.15) is 0 Å². The SMILES string of the molecule is CCCNC1CCC(C(C)C)CC1Sc1ccccc1Cl. The third-order valence-electron chi connectivity index (χ3n) is 4.55. The second-order valence-corrected chi connectivity index (χ2v) is 8.15. The summed E-state index contributed by atoms with van der Waals surface area (Å²) in [4.78, 5) is 1.23. The molecule has 1 aliphatic carbocycles. The fraction of sp³-hybridized carbons (Fsp3) is 0.667. The smallest absolute Gasteiger partial charge is 0.0541 e. The molecule has 0 heterocycles. The maximum atomic E-state index is 6.35. The molecule has 1 aromatic rings. The zero-order chi connectivity index (χ0) is 15.2. The molecule has 3 unspecified atom stereocenters. The van der Waals surface area contributed by atoms with E-state index in [9.17, 15) is 0 Å². The Morgan fingerprint density at radius 2 is 2.05 bits per heavy atom. The average Bonchev–Trinajstić information content (AvgIpc) is 2.48. The van der Waals surface area contributed by atoms with Crippen LogP contribution in [0.25, 0.3) is 0 Å². The molecule has 0 spiro atoms. The van der Waals surface area contributed by atoms with Crippen LogP contribution in [0.1, 0.15) is 46.5 Å². The minimum Gasteiger partial charge on any atom is -0.313 e. The Morgan fingerprint density at radius 1 is 1.29 bits per heavy atom. The number of nitrogens with one attached hydrogen (secondary N) is 1. The molecule has 1 fully saturated rings. The van der Waals surface area contributed by atoms with Gasteiger partial charge in [0.1, 0.15) is 0 Å². The summed E-state index contributed by atoms with van der Waals surface area (Å²) >= 11 is 8.33. The molecule has 118 valence electrons. The van der Waals surface area contributed by atoms with Crippen molar-refractivity contribution in [2.75, 3.05) is 6.54 Å². The van der Waals surface area contributed by atoms with Gasteiger partial charge in [-0.15, -0.1) is 11.8 Å². The molecular formula is C18H28ClNS. The van der Waals surface area contributed by atoms with E-state index in [-0.39, 0.29) is 0 Å². The Hall–Kier alpha value is -0.180. The molecule has 0 amide bonds. The maximum absolute atomic E-state index is 6.35. The molecule has 1 saturated carbocycles. The Balaban J connectivity index is 2.07. The van der Waals surface area contributed by atoms with E-state index in [4.69, 9.17) is 11.6 Å². The van der Waals surface area contributed by atoms with Crippen molar-refractivity contribution < 1.29 is 0 Å². The summed E-state index contributed by atoms with van der Waals surface area (Å²) in [6, 6.07) is 8.88. The van der Waals surface area contributed by atoms with Crippen LogP contribution >= 0.6 is 23.4 Å². The van der Waals surface area contributed by atoms with Gasteiger partial charge in [0, 0.05) is 16.2 Å². The number of rotatable bonds is 6. The fourth-order valence-electron chi connectivity index (χ4n) is 3.16. The molecule has 0 aliphatic heterocycles. The number of hydrogen-bond donors (Lipinski definition) is 1. The molecule has 1 aromatic carbocycles. The lowest BCUT2D eigenvalue weighted by atomic mass is 9.79. The fourth-order valence-corrected chi connectivity index (χ4v) is 4.84. The average molecular weight is 326 g/mol. The maximum Gasteiger partial charge on any atom is 0.0541 e. The third-order valence-corrected chi connectivity index (χ3v) is 6.42. The zero-order valence-electron chi connectivity index (χ0n) is 13.4. The van der Waals surface area contributed by atoms with Crippen LogP contribution in [0.3, 0.4) is 0 Å². The summed E-state index contributed by atoms with van der Waals surface area (Å²) in [5.41, 5.74) is 0. The second-order valence-electron chi connectivity index (χ2n) is 6.46. The van der Waals surface area contributed by atoms with Crippen LogP contribution in [0.4, 0.5) is 0 Å². The highest BCUT2D eigenvalue weighted by Gasteiger charge is 2.32. The topological polar surface area (TPSA) is 12.0 Å². The molecule has 1 N–H and O–H groups in total. The first-order valence-corrected chi connectivity index (χ1v) is 9.52. The quantitative estimate of drug-likeness (QED) is 0.728. The number of benzene rings is 1. The van der Waals surface area contributed by atoms with Gasteiger partial charge in [0.05, 0.1) is 5.02 Å². The predicted molar refractivity (Wildman–Crippen MR) is 95.4 cm³/mol. The van der Waals surface area contributed by atoms with Gasteiger partial charge in [0.15, 0.2) is 0 Å².